The van der Waals surface area contributed by atoms with Crippen molar-refractivity contribution in [2.75, 3.05) is 6.54 Å². The van der Waals surface area contributed by atoms with Crippen molar-refractivity contribution < 1.29 is 14.7 Å². The van der Waals surface area contributed by atoms with Crippen LogP contribution in [0.3, 0.4) is 0 Å². The highest BCUT2D eigenvalue weighted by atomic mass is 79.9. The maximum Gasteiger partial charge on any atom is 0.323 e. The standard InChI is InChI=1S/C11H13BrN2O3/c1-7(2)14(6-10(15)16)11(17)8-3-9(12)5-13-4-8/h3-5,7H,6H2,1-2H3,(H,15,16). The van der Waals surface area contributed by atoms with Gasteiger partial charge in [0, 0.05) is 22.9 Å². The molecule has 0 radical (unpaired) electrons. The predicted molar refractivity (Wildman–Crippen MR) is 65.7 cm³/mol. The number of hydrogen-bond acceptors (Lipinski definition) is 3. The molecule has 17 heavy (non-hydrogen) atoms. The first-order chi connectivity index (χ1) is 7.91. The Morgan fingerprint density at radius 3 is 2.59 bits per heavy atom. The van der Waals surface area contributed by atoms with E-state index in [1.807, 2.05) is 0 Å². The molecule has 0 aromatic carbocycles. The fourth-order valence-corrected chi connectivity index (χ4v) is 1.69. The van der Waals surface area contributed by atoms with Crippen LogP contribution in [0, 0.1) is 0 Å². The van der Waals surface area contributed by atoms with Crippen LogP contribution in [-0.2, 0) is 4.79 Å². The molecule has 0 bridgehead atoms. The van der Waals surface area contributed by atoms with E-state index in [0.717, 1.165) is 0 Å². The smallest absolute Gasteiger partial charge is 0.323 e. The molecule has 1 amide bonds. The molecule has 1 N–H and O–H groups in total. The molecule has 1 aromatic rings. The van der Waals surface area contributed by atoms with E-state index in [-0.39, 0.29) is 18.5 Å². The van der Waals surface area contributed by atoms with Gasteiger partial charge in [-0.05, 0) is 35.8 Å². The van der Waals surface area contributed by atoms with Crippen molar-refractivity contribution in [3.05, 3.63) is 28.5 Å². The molecule has 1 aromatic heterocycles. The van der Waals surface area contributed by atoms with Crippen molar-refractivity contribution >= 4 is 27.8 Å². The average Bonchev–Trinajstić information content (AvgIpc) is 2.24. The number of aliphatic carboxylic acids is 1. The molecule has 92 valence electrons. The number of carbonyl (C=O) groups excluding carboxylic acids is 1. The Morgan fingerprint density at radius 1 is 1.47 bits per heavy atom. The van der Waals surface area contributed by atoms with E-state index in [0.29, 0.717) is 10.0 Å². The molecule has 0 aliphatic heterocycles. The van der Waals surface area contributed by atoms with Crippen molar-refractivity contribution in [2.24, 2.45) is 0 Å². The average molecular weight is 301 g/mol. The Bertz CT molecular complexity index is 434. The van der Waals surface area contributed by atoms with E-state index in [1.54, 1.807) is 26.1 Å². The molecule has 0 aliphatic carbocycles. The van der Waals surface area contributed by atoms with Gasteiger partial charge in [0.05, 0.1) is 5.56 Å². The molecule has 5 nitrogen and oxygen atoms in total. The number of halogens is 1. The zero-order chi connectivity index (χ0) is 13.0. The third kappa shape index (κ3) is 3.81. The van der Waals surface area contributed by atoms with Crippen LogP contribution in [0.5, 0.6) is 0 Å². The number of carbonyl (C=O) groups is 2. The molecule has 0 saturated carbocycles. The fourth-order valence-electron chi connectivity index (χ4n) is 1.33. The van der Waals surface area contributed by atoms with Crippen LogP contribution < -0.4 is 0 Å². The zero-order valence-corrected chi connectivity index (χ0v) is 11.1. The van der Waals surface area contributed by atoms with Gasteiger partial charge in [0.1, 0.15) is 6.54 Å². The summed E-state index contributed by atoms with van der Waals surface area (Å²) in [6, 6.07) is 1.43. The summed E-state index contributed by atoms with van der Waals surface area (Å²) in [7, 11) is 0. The molecular weight excluding hydrogens is 288 g/mol. The van der Waals surface area contributed by atoms with Crippen molar-refractivity contribution in [1.82, 2.24) is 9.88 Å². The molecule has 0 fully saturated rings. The van der Waals surface area contributed by atoms with Gasteiger partial charge in [-0.2, -0.15) is 0 Å². The Kier molecular flexibility index (Phi) is 4.62. The number of nitrogens with zero attached hydrogens (tertiary/aromatic N) is 2. The summed E-state index contributed by atoms with van der Waals surface area (Å²) in [5, 5.41) is 8.76. The summed E-state index contributed by atoms with van der Waals surface area (Å²) in [6.45, 7) is 3.22. The predicted octanol–water partition coefficient (Wildman–Crippen LogP) is 1.78. The van der Waals surface area contributed by atoms with Crippen molar-refractivity contribution in [3.63, 3.8) is 0 Å². The van der Waals surface area contributed by atoms with Crippen LogP contribution in [-0.4, -0.2) is 39.5 Å². The largest absolute Gasteiger partial charge is 0.480 e. The number of rotatable bonds is 4. The number of carboxylic acid groups (broad SMARTS) is 1. The van der Waals surface area contributed by atoms with Crippen LogP contribution in [0.4, 0.5) is 0 Å². The number of hydrogen-bond donors (Lipinski definition) is 1. The van der Waals surface area contributed by atoms with Crippen LogP contribution in [0.2, 0.25) is 0 Å². The second kappa shape index (κ2) is 5.77. The van der Waals surface area contributed by atoms with Crippen LogP contribution in [0.15, 0.2) is 22.9 Å². The lowest BCUT2D eigenvalue weighted by atomic mass is 10.2. The van der Waals surface area contributed by atoms with E-state index in [9.17, 15) is 9.59 Å². The van der Waals surface area contributed by atoms with Crippen LogP contribution in [0.1, 0.15) is 24.2 Å². The second-order valence-electron chi connectivity index (χ2n) is 3.81. The number of amides is 1. The number of aromatic nitrogens is 1. The first-order valence-electron chi connectivity index (χ1n) is 5.05. The monoisotopic (exact) mass is 300 g/mol. The van der Waals surface area contributed by atoms with Crippen molar-refractivity contribution in [3.8, 4) is 0 Å². The zero-order valence-electron chi connectivity index (χ0n) is 9.55. The summed E-state index contributed by atoms with van der Waals surface area (Å²) in [5.41, 5.74) is 0.370. The third-order valence-corrected chi connectivity index (χ3v) is 2.58. The van der Waals surface area contributed by atoms with Gasteiger partial charge in [0.2, 0.25) is 0 Å². The third-order valence-electron chi connectivity index (χ3n) is 2.14. The van der Waals surface area contributed by atoms with Crippen molar-refractivity contribution in [2.45, 2.75) is 19.9 Å². The molecule has 6 heteroatoms. The Morgan fingerprint density at radius 2 is 2.12 bits per heavy atom. The molecule has 0 saturated heterocycles. The van der Waals surface area contributed by atoms with Crippen LogP contribution in [0.25, 0.3) is 0 Å². The van der Waals surface area contributed by atoms with Gasteiger partial charge >= 0.3 is 5.97 Å². The Hall–Kier alpha value is -1.43. The lowest BCUT2D eigenvalue weighted by molar-refractivity contribution is -0.138. The van der Waals surface area contributed by atoms with E-state index in [1.165, 1.54) is 11.1 Å². The molecule has 1 heterocycles. The van der Waals surface area contributed by atoms with Crippen LogP contribution >= 0.6 is 15.9 Å². The maximum atomic E-state index is 12.1. The molecule has 0 spiro atoms. The highest BCUT2D eigenvalue weighted by Crippen LogP contribution is 2.13. The normalized spacial score (nSPS) is 10.4. The fraction of sp³-hybridized carbons (Fsp3) is 0.364. The molecule has 0 aliphatic rings. The van der Waals surface area contributed by atoms with Gasteiger partial charge < -0.3 is 10.0 Å². The van der Waals surface area contributed by atoms with Gasteiger partial charge in [-0.3, -0.25) is 14.6 Å². The van der Waals surface area contributed by atoms with E-state index in [4.69, 9.17) is 5.11 Å². The first kappa shape index (κ1) is 13.6. The quantitative estimate of drug-likeness (QED) is 0.920. The summed E-state index contributed by atoms with van der Waals surface area (Å²) in [4.78, 5) is 27.9. The lowest BCUT2D eigenvalue weighted by Gasteiger charge is -2.24. The van der Waals surface area contributed by atoms with Gasteiger partial charge in [-0.15, -0.1) is 0 Å². The summed E-state index contributed by atoms with van der Waals surface area (Å²) >= 11 is 3.22. The minimum Gasteiger partial charge on any atom is -0.480 e. The van der Waals surface area contributed by atoms with Gasteiger partial charge in [-0.25, -0.2) is 0 Å². The minimum absolute atomic E-state index is 0.183. The van der Waals surface area contributed by atoms with E-state index in [2.05, 4.69) is 20.9 Å². The minimum atomic E-state index is -1.03. The van der Waals surface area contributed by atoms with E-state index < -0.39 is 5.97 Å². The molecule has 1 rings (SSSR count). The number of pyridine rings is 1. The molecular formula is C11H13BrN2O3. The van der Waals surface area contributed by atoms with Crippen molar-refractivity contribution in [1.29, 1.82) is 0 Å². The first-order valence-corrected chi connectivity index (χ1v) is 5.84. The Balaban J connectivity index is 2.95. The Labute approximate surface area is 108 Å². The van der Waals surface area contributed by atoms with Gasteiger partial charge in [0.25, 0.3) is 5.91 Å². The highest BCUT2D eigenvalue weighted by molar-refractivity contribution is 9.10. The van der Waals surface area contributed by atoms with Gasteiger partial charge in [-0.1, -0.05) is 0 Å². The molecule has 0 unspecified atom stereocenters. The van der Waals surface area contributed by atoms with E-state index >= 15 is 0 Å². The topological polar surface area (TPSA) is 70.5 Å². The lowest BCUT2D eigenvalue weighted by Crippen LogP contribution is -2.40. The highest BCUT2D eigenvalue weighted by Gasteiger charge is 2.21. The number of carboxylic acids is 1. The van der Waals surface area contributed by atoms with Gasteiger partial charge in [0.15, 0.2) is 0 Å². The summed E-state index contributed by atoms with van der Waals surface area (Å²) in [6.07, 6.45) is 2.98. The summed E-state index contributed by atoms with van der Waals surface area (Å²) < 4.78 is 0.683. The molecule has 0 atom stereocenters. The summed E-state index contributed by atoms with van der Waals surface area (Å²) in [5.74, 6) is -1.37. The maximum absolute atomic E-state index is 12.1. The SMILES string of the molecule is CC(C)N(CC(=O)O)C(=O)c1cncc(Br)c1. The second-order valence-corrected chi connectivity index (χ2v) is 4.73.